The highest BCUT2D eigenvalue weighted by molar-refractivity contribution is 5.98. The summed E-state index contributed by atoms with van der Waals surface area (Å²) >= 11 is 0. The predicted octanol–water partition coefficient (Wildman–Crippen LogP) is -0.943. The van der Waals surface area contributed by atoms with Crippen LogP contribution < -0.4 is 48.7 Å². The van der Waals surface area contributed by atoms with Crippen molar-refractivity contribution in [2.24, 2.45) is 23.3 Å². The van der Waals surface area contributed by atoms with Crippen molar-refractivity contribution in [1.82, 2.24) is 37.2 Å². The van der Waals surface area contributed by atoms with Crippen molar-refractivity contribution >= 4 is 53.2 Å². The van der Waals surface area contributed by atoms with Crippen LogP contribution in [0.1, 0.15) is 84.8 Å². The van der Waals surface area contributed by atoms with E-state index in [4.69, 9.17) is 11.5 Å². The monoisotopic (exact) mass is 909 g/mol. The van der Waals surface area contributed by atoms with E-state index < -0.39 is 120 Å². The maximum absolute atomic E-state index is 14.4. The van der Waals surface area contributed by atoms with Gasteiger partial charge in [0, 0.05) is 19.8 Å². The van der Waals surface area contributed by atoms with E-state index >= 15 is 0 Å². The molecule has 0 aromatic heterocycles. The molecule has 358 valence electrons. The summed E-state index contributed by atoms with van der Waals surface area (Å²) in [5.41, 5.74) is 12.3. The summed E-state index contributed by atoms with van der Waals surface area (Å²) in [6.45, 7) is 9.44. The topological polar surface area (TPSA) is 330 Å². The summed E-state index contributed by atoms with van der Waals surface area (Å²) in [5.74, 6) is -8.96. The second kappa shape index (κ2) is 27.7. The summed E-state index contributed by atoms with van der Waals surface area (Å²) in [7, 11) is 0. The van der Waals surface area contributed by atoms with Crippen molar-refractivity contribution in [1.29, 1.82) is 0 Å². The molecule has 9 atom stereocenters. The number of hydrogen-bond donors (Lipinski definition) is 11. The number of benzene rings is 2. The third-order valence-corrected chi connectivity index (χ3v) is 10.6. The van der Waals surface area contributed by atoms with Crippen LogP contribution in [0.3, 0.4) is 0 Å². The number of aliphatic hydroxyl groups is 1. The van der Waals surface area contributed by atoms with E-state index in [1.165, 1.54) is 13.8 Å². The average Bonchev–Trinajstić information content (AvgIpc) is 3.25. The van der Waals surface area contributed by atoms with Gasteiger partial charge in [-0.1, -0.05) is 94.8 Å². The number of hydrogen-bond acceptors (Lipinski definition) is 11. The van der Waals surface area contributed by atoms with Gasteiger partial charge in [0.15, 0.2) is 0 Å². The van der Waals surface area contributed by atoms with E-state index in [-0.39, 0.29) is 25.8 Å². The number of aliphatic carboxylic acids is 1. The minimum Gasteiger partial charge on any atom is -0.480 e. The van der Waals surface area contributed by atoms with Crippen LogP contribution in [0.4, 0.5) is 0 Å². The molecule has 0 radical (unpaired) electrons. The summed E-state index contributed by atoms with van der Waals surface area (Å²) in [6, 6.07) is 7.46. The minimum absolute atomic E-state index is 0.00491. The Hall–Kier alpha value is -6.41. The van der Waals surface area contributed by atoms with E-state index in [1.54, 1.807) is 88.4 Å². The number of unbranched alkanes of at least 4 members (excludes halogenated alkanes) is 1. The van der Waals surface area contributed by atoms with Crippen LogP contribution in [0.15, 0.2) is 60.7 Å². The minimum atomic E-state index is -1.61. The molecular formula is C45H67N9O11. The summed E-state index contributed by atoms with van der Waals surface area (Å²) in [4.78, 5) is 119. The fourth-order valence-electron chi connectivity index (χ4n) is 6.71. The molecule has 0 saturated heterocycles. The van der Waals surface area contributed by atoms with Crippen LogP contribution in [-0.4, -0.2) is 118 Å². The zero-order chi connectivity index (χ0) is 48.8. The van der Waals surface area contributed by atoms with Crippen LogP contribution in [0, 0.1) is 11.8 Å². The smallest absolute Gasteiger partial charge is 0.326 e. The van der Waals surface area contributed by atoms with Gasteiger partial charge in [-0.3, -0.25) is 38.4 Å². The zero-order valence-corrected chi connectivity index (χ0v) is 37.9. The SMILES string of the molecule is CC[C@H](C)[C@H](NC(=O)[C@H](CC(N)=O)NC(=O)[C@H](CCCCN)NC(=O)[C@H](Cc1ccccc1)NC(=O)[C@H](Cc1ccccc1)NC(=O)[C@@H](NC(=O)[C@@H](NC(C)=O)C(C)C)[C@@H](C)O)C(=O)O. The standard InChI is InChI=1S/C45H67N9O11/c1-7-26(4)37(45(64)65)53-42(61)34(24-35(47)57)51-39(58)31(20-14-15-21-46)49-40(59)32(22-29-16-10-8-11-17-29)50-41(60)33(23-30-18-12-9-13-19-30)52-44(63)38(27(5)55)54-43(62)36(25(2)3)48-28(6)56/h8-13,16-19,25-27,31-34,36-38,55H,7,14-15,20-24,46H2,1-6H3,(H2,47,57)(H,48,56)(H,49,59)(H,50,60)(H,51,58)(H,52,63)(H,53,61)(H,54,62)(H,64,65)/t26-,27+,31-,32-,33-,34-,36-,37-,38-/m0/s1. The van der Waals surface area contributed by atoms with E-state index in [0.29, 0.717) is 30.4 Å². The average molecular weight is 910 g/mol. The summed E-state index contributed by atoms with van der Waals surface area (Å²) in [5, 5.41) is 38.2. The second-order valence-electron chi connectivity index (χ2n) is 16.4. The van der Waals surface area contributed by atoms with Gasteiger partial charge in [0.2, 0.25) is 47.3 Å². The van der Waals surface area contributed by atoms with Gasteiger partial charge in [0.05, 0.1) is 12.5 Å². The zero-order valence-electron chi connectivity index (χ0n) is 37.9. The molecule has 2 aromatic carbocycles. The molecule has 8 amide bonds. The van der Waals surface area contributed by atoms with Gasteiger partial charge < -0.3 is 58.9 Å². The largest absolute Gasteiger partial charge is 0.480 e. The van der Waals surface area contributed by atoms with Gasteiger partial charge in [-0.05, 0) is 55.7 Å². The molecule has 65 heavy (non-hydrogen) atoms. The Morgan fingerprint density at radius 3 is 1.43 bits per heavy atom. The molecule has 0 saturated carbocycles. The van der Waals surface area contributed by atoms with Crippen molar-refractivity contribution in [3.63, 3.8) is 0 Å². The van der Waals surface area contributed by atoms with Crippen molar-refractivity contribution in [2.75, 3.05) is 6.54 Å². The van der Waals surface area contributed by atoms with Crippen molar-refractivity contribution < 1.29 is 53.4 Å². The fourth-order valence-corrected chi connectivity index (χ4v) is 6.71. The quantitative estimate of drug-likeness (QED) is 0.0461. The molecule has 2 aromatic rings. The Kier molecular flexibility index (Phi) is 23.3. The first-order valence-electron chi connectivity index (χ1n) is 21.7. The highest BCUT2D eigenvalue weighted by Crippen LogP contribution is 2.12. The van der Waals surface area contributed by atoms with Gasteiger partial charge in [0.25, 0.3) is 0 Å². The van der Waals surface area contributed by atoms with E-state index in [1.807, 2.05) is 0 Å². The number of carboxylic acid groups (broad SMARTS) is 1. The van der Waals surface area contributed by atoms with Crippen LogP contribution in [0.5, 0.6) is 0 Å². The fraction of sp³-hybridized carbons (Fsp3) is 0.533. The van der Waals surface area contributed by atoms with Crippen molar-refractivity contribution in [2.45, 2.75) is 135 Å². The lowest BCUT2D eigenvalue weighted by Crippen LogP contribution is -2.62. The molecule has 0 spiro atoms. The lowest BCUT2D eigenvalue weighted by molar-refractivity contribution is -0.144. The maximum Gasteiger partial charge on any atom is 0.326 e. The highest BCUT2D eigenvalue weighted by Gasteiger charge is 2.36. The van der Waals surface area contributed by atoms with Gasteiger partial charge in [-0.25, -0.2) is 4.79 Å². The molecule has 2 rings (SSSR count). The highest BCUT2D eigenvalue weighted by atomic mass is 16.4. The lowest BCUT2D eigenvalue weighted by Gasteiger charge is -2.29. The third kappa shape index (κ3) is 19.1. The molecule has 0 fully saturated rings. The Morgan fingerprint density at radius 2 is 1.00 bits per heavy atom. The number of amides is 8. The van der Waals surface area contributed by atoms with Gasteiger partial charge in [0.1, 0.15) is 42.3 Å². The van der Waals surface area contributed by atoms with Gasteiger partial charge in [-0.15, -0.1) is 0 Å². The number of aliphatic hydroxyl groups excluding tert-OH is 1. The van der Waals surface area contributed by atoms with Gasteiger partial charge in [-0.2, -0.15) is 0 Å². The Morgan fingerprint density at radius 1 is 0.569 bits per heavy atom. The van der Waals surface area contributed by atoms with Crippen molar-refractivity contribution in [3.8, 4) is 0 Å². The molecule has 0 heterocycles. The number of carbonyl (C=O) groups is 9. The molecular weight excluding hydrogens is 843 g/mol. The van der Waals surface area contributed by atoms with E-state index in [9.17, 15) is 53.4 Å². The first-order chi connectivity index (χ1) is 30.7. The summed E-state index contributed by atoms with van der Waals surface area (Å²) < 4.78 is 0. The summed E-state index contributed by atoms with van der Waals surface area (Å²) in [6.07, 6.45) is -1.22. The molecule has 0 aliphatic rings. The Bertz CT molecular complexity index is 1920. The molecule has 0 aliphatic carbocycles. The molecule has 20 heteroatoms. The number of carbonyl (C=O) groups excluding carboxylic acids is 8. The van der Waals surface area contributed by atoms with Crippen LogP contribution in [-0.2, 0) is 56.0 Å². The first kappa shape index (κ1) is 54.7. The van der Waals surface area contributed by atoms with E-state index in [2.05, 4.69) is 37.2 Å². The number of nitrogens with one attached hydrogen (secondary N) is 7. The van der Waals surface area contributed by atoms with E-state index in [0.717, 1.165) is 0 Å². The Labute approximate surface area is 379 Å². The molecule has 0 bridgehead atoms. The van der Waals surface area contributed by atoms with Crippen LogP contribution >= 0.6 is 0 Å². The Balaban J connectivity index is 2.52. The third-order valence-electron chi connectivity index (χ3n) is 10.6. The lowest BCUT2D eigenvalue weighted by atomic mass is 9.98. The second-order valence-corrected chi connectivity index (χ2v) is 16.4. The molecule has 0 aliphatic heterocycles. The number of rotatable bonds is 28. The maximum atomic E-state index is 14.4. The van der Waals surface area contributed by atoms with Crippen LogP contribution in [0.25, 0.3) is 0 Å². The number of primary amides is 1. The number of nitrogens with two attached hydrogens (primary N) is 2. The molecule has 13 N–H and O–H groups in total. The normalized spacial score (nSPS) is 15.2. The van der Waals surface area contributed by atoms with Gasteiger partial charge >= 0.3 is 5.97 Å². The van der Waals surface area contributed by atoms with Crippen molar-refractivity contribution in [3.05, 3.63) is 71.8 Å². The van der Waals surface area contributed by atoms with Crippen LogP contribution in [0.2, 0.25) is 0 Å². The molecule has 20 nitrogen and oxygen atoms in total. The predicted molar refractivity (Wildman–Crippen MR) is 240 cm³/mol. The first-order valence-corrected chi connectivity index (χ1v) is 21.7. The number of carboxylic acids is 1. The molecule has 0 unspecified atom stereocenters.